The lowest BCUT2D eigenvalue weighted by atomic mass is 9.87. The Hall–Kier alpha value is -12.2. The number of rotatable bonds is 18. The van der Waals surface area contributed by atoms with Crippen LogP contribution in [0.1, 0.15) is 98.0 Å². The van der Waals surface area contributed by atoms with Crippen molar-refractivity contribution in [1.29, 1.82) is 0 Å². The average Bonchev–Trinajstić information content (AvgIpc) is 1.67. The third-order valence-electron chi connectivity index (χ3n) is 18.7. The number of para-hydroxylation sites is 7. The molecule has 16 rings (SSSR count). The molecular formula is C91H78N4O6. The third-order valence-corrected chi connectivity index (χ3v) is 18.7. The molecule has 498 valence electrons. The van der Waals surface area contributed by atoms with Gasteiger partial charge >= 0.3 is 5.97 Å². The van der Waals surface area contributed by atoms with Gasteiger partial charge in [0.1, 0.15) is 6.10 Å². The normalized spacial score (nSPS) is 12.3. The summed E-state index contributed by atoms with van der Waals surface area (Å²) in [6, 6.07) is 113. The molecule has 16 aromatic rings. The minimum atomic E-state index is -0.824. The number of carbonyl (C=O) groups is 2. The molecule has 0 saturated carbocycles. The molecule has 10 nitrogen and oxygen atoms in total. The lowest BCUT2D eigenvalue weighted by molar-refractivity contribution is -0.137. The van der Waals surface area contributed by atoms with E-state index in [0.717, 1.165) is 77.8 Å². The molecule has 4 N–H and O–H groups in total. The zero-order valence-electron chi connectivity index (χ0n) is 55.9. The molecule has 12 aromatic carbocycles. The SMILES string of the molecule is O=C(O)CCC(c1ccccc1)c1cn(C(=O)c2ccccc2)c2ccccc12.OC(c1ccccc1)c1cn(-c2ccccc2)c2ccccc12.OCC(c1ccccc1)c1cn(-c2ccccc2)c2ccccc12.OCCC(c1ccccc1)c1cn(-c2ccccc2)c2ccccc12. The monoisotopic (exact) mass is 1320 g/mol. The molecule has 0 radical (unpaired) electrons. The number of aliphatic hydroxyl groups excluding tert-OH is 3. The molecule has 0 bridgehead atoms. The van der Waals surface area contributed by atoms with Crippen molar-refractivity contribution in [2.75, 3.05) is 13.2 Å². The second-order valence-electron chi connectivity index (χ2n) is 24.9. The highest BCUT2D eigenvalue weighted by Gasteiger charge is 2.25. The van der Waals surface area contributed by atoms with E-state index in [4.69, 9.17) is 0 Å². The number of aliphatic hydroxyl groups is 3. The summed E-state index contributed by atoms with van der Waals surface area (Å²) in [5, 5.41) is 44.3. The Morgan fingerprint density at radius 3 is 1.00 bits per heavy atom. The Bertz CT molecular complexity index is 5310. The highest BCUT2D eigenvalue weighted by atomic mass is 16.4. The Kier molecular flexibility index (Phi) is 21.7. The van der Waals surface area contributed by atoms with Gasteiger partial charge in [-0.15, -0.1) is 0 Å². The molecule has 10 heteroatoms. The summed E-state index contributed by atoms with van der Waals surface area (Å²) in [5.74, 6) is -0.878. The molecule has 0 aliphatic rings. The molecule has 0 amide bonds. The molecule has 0 saturated heterocycles. The number of carboxylic acid groups (broad SMARTS) is 1. The number of benzene rings is 12. The van der Waals surface area contributed by atoms with E-state index in [1.807, 2.05) is 194 Å². The Morgan fingerprint density at radius 2 is 0.604 bits per heavy atom. The van der Waals surface area contributed by atoms with E-state index in [1.165, 1.54) is 27.4 Å². The van der Waals surface area contributed by atoms with Gasteiger partial charge in [0.05, 0.1) is 28.7 Å². The summed E-state index contributed by atoms with van der Waals surface area (Å²) >= 11 is 0. The summed E-state index contributed by atoms with van der Waals surface area (Å²) < 4.78 is 8.27. The second kappa shape index (κ2) is 32.5. The van der Waals surface area contributed by atoms with Crippen LogP contribution in [0.4, 0.5) is 0 Å². The second-order valence-corrected chi connectivity index (χ2v) is 24.9. The van der Waals surface area contributed by atoms with Crippen LogP contribution in [0, 0.1) is 0 Å². The smallest absolute Gasteiger partial charge is 0.303 e. The van der Waals surface area contributed by atoms with Crippen LogP contribution in [0.15, 0.2) is 365 Å². The number of hydrogen-bond acceptors (Lipinski definition) is 5. The van der Waals surface area contributed by atoms with Gasteiger partial charge in [0.25, 0.3) is 5.91 Å². The summed E-state index contributed by atoms with van der Waals surface area (Å²) in [6.07, 6.45) is 8.91. The van der Waals surface area contributed by atoms with E-state index in [2.05, 4.69) is 172 Å². The fourth-order valence-corrected chi connectivity index (χ4v) is 13.8. The highest BCUT2D eigenvalue weighted by molar-refractivity contribution is 6.03. The zero-order chi connectivity index (χ0) is 69.3. The first kappa shape index (κ1) is 67.4. The van der Waals surface area contributed by atoms with Crippen LogP contribution in [-0.2, 0) is 4.79 Å². The van der Waals surface area contributed by atoms with Crippen molar-refractivity contribution in [3.8, 4) is 17.1 Å². The van der Waals surface area contributed by atoms with Gasteiger partial charge in [-0.2, -0.15) is 0 Å². The van der Waals surface area contributed by atoms with Crippen molar-refractivity contribution in [3.05, 3.63) is 415 Å². The minimum Gasteiger partial charge on any atom is -0.481 e. The number of carboxylic acids is 1. The van der Waals surface area contributed by atoms with Crippen LogP contribution in [0.5, 0.6) is 0 Å². The van der Waals surface area contributed by atoms with Crippen molar-refractivity contribution in [3.63, 3.8) is 0 Å². The molecular weight excluding hydrogens is 1250 g/mol. The summed E-state index contributed by atoms with van der Waals surface area (Å²) in [4.78, 5) is 24.4. The lowest BCUT2D eigenvalue weighted by Crippen LogP contribution is -2.10. The topological polar surface area (TPSA) is 135 Å². The number of nitrogens with zero attached hydrogens (tertiary/aromatic N) is 4. The maximum absolute atomic E-state index is 13.2. The fourth-order valence-electron chi connectivity index (χ4n) is 13.8. The molecule has 0 fully saturated rings. The van der Waals surface area contributed by atoms with E-state index < -0.39 is 12.1 Å². The van der Waals surface area contributed by atoms with Crippen LogP contribution in [0.25, 0.3) is 60.7 Å². The van der Waals surface area contributed by atoms with Gasteiger partial charge in [-0.1, -0.05) is 267 Å². The van der Waals surface area contributed by atoms with Gasteiger partial charge < -0.3 is 34.1 Å². The molecule has 101 heavy (non-hydrogen) atoms. The molecule has 4 heterocycles. The third kappa shape index (κ3) is 15.3. The van der Waals surface area contributed by atoms with Crippen molar-refractivity contribution in [2.45, 2.75) is 43.1 Å². The number of fused-ring (bicyclic) bond motifs is 4. The van der Waals surface area contributed by atoms with Crippen LogP contribution >= 0.6 is 0 Å². The Labute approximate surface area is 588 Å². The van der Waals surface area contributed by atoms with Gasteiger partial charge in [-0.25, -0.2) is 0 Å². The van der Waals surface area contributed by atoms with E-state index in [-0.39, 0.29) is 43.3 Å². The van der Waals surface area contributed by atoms with Crippen LogP contribution < -0.4 is 0 Å². The van der Waals surface area contributed by atoms with Crippen molar-refractivity contribution in [1.82, 2.24) is 18.3 Å². The van der Waals surface area contributed by atoms with Crippen LogP contribution in [0.3, 0.4) is 0 Å². The highest BCUT2D eigenvalue weighted by Crippen LogP contribution is 2.39. The lowest BCUT2D eigenvalue weighted by Gasteiger charge is -2.16. The van der Waals surface area contributed by atoms with E-state index >= 15 is 0 Å². The molecule has 0 aliphatic carbocycles. The summed E-state index contributed by atoms with van der Waals surface area (Å²) in [6.45, 7) is 0.261. The van der Waals surface area contributed by atoms with Crippen LogP contribution in [-0.4, -0.2) is 63.8 Å². The predicted octanol–water partition coefficient (Wildman–Crippen LogP) is 19.9. The quantitative estimate of drug-likeness (QED) is 0.0676. The zero-order valence-corrected chi connectivity index (χ0v) is 55.9. The van der Waals surface area contributed by atoms with Gasteiger partial charge in [0.2, 0.25) is 0 Å². The molecule has 0 aliphatic heterocycles. The first-order chi connectivity index (χ1) is 49.8. The minimum absolute atomic E-state index is 0.0268. The van der Waals surface area contributed by atoms with Gasteiger partial charge in [-0.05, 0) is 125 Å². The largest absolute Gasteiger partial charge is 0.481 e. The van der Waals surface area contributed by atoms with Crippen LogP contribution in [0.2, 0.25) is 0 Å². The number of hydrogen-bond donors (Lipinski definition) is 4. The van der Waals surface area contributed by atoms with E-state index in [9.17, 15) is 30.0 Å². The van der Waals surface area contributed by atoms with E-state index in [0.29, 0.717) is 18.4 Å². The number of aromatic nitrogens is 4. The maximum atomic E-state index is 13.2. The Balaban J connectivity index is 0.000000121. The Morgan fingerprint density at radius 1 is 0.307 bits per heavy atom. The first-order valence-corrected chi connectivity index (χ1v) is 34.2. The maximum Gasteiger partial charge on any atom is 0.303 e. The number of carbonyl (C=O) groups excluding carboxylic acids is 1. The molecule has 4 unspecified atom stereocenters. The van der Waals surface area contributed by atoms with E-state index in [1.54, 1.807) is 16.7 Å². The standard InChI is InChI=1S/C25H21NO3.C23H21NO.C22H19NO.C21H17NO/c27-24(28)16-15-20(18-9-3-1-4-10-18)22-17-26(23-14-8-7-13-21(22)23)25(29)19-11-5-2-6-12-19;25-16-15-20(18-9-3-1-4-10-18)22-17-24(19-11-5-2-6-12-19)23-14-8-7-13-21(22)23;24-16-21(17-9-3-1-4-10-17)20-15-23(18-11-5-2-6-12-18)22-14-8-7-13-19(20)22;23-21(16-9-3-1-4-10-16)19-15-22(17-11-5-2-6-12-17)20-14-8-7-13-18(19)20/h1-14,17,20H,15-16H2,(H,27,28);1-14,17,20,25H,15-16H2;1-15,21,24H,16H2;1-15,21,23H. The number of aliphatic carboxylic acids is 1. The van der Waals surface area contributed by atoms with Gasteiger partial charge in [0.15, 0.2) is 0 Å². The molecule has 4 aromatic heterocycles. The average molecular weight is 1320 g/mol. The van der Waals surface area contributed by atoms with Crippen molar-refractivity contribution < 1.29 is 30.0 Å². The van der Waals surface area contributed by atoms with Crippen molar-refractivity contribution in [2.24, 2.45) is 0 Å². The molecule has 0 spiro atoms. The summed E-state index contributed by atoms with van der Waals surface area (Å²) in [5.41, 5.74) is 16.9. The van der Waals surface area contributed by atoms with Gasteiger partial charge in [-0.3, -0.25) is 14.2 Å². The summed E-state index contributed by atoms with van der Waals surface area (Å²) in [7, 11) is 0. The fraction of sp³-hybridized carbons (Fsp3) is 0.0989. The first-order valence-electron chi connectivity index (χ1n) is 34.2. The van der Waals surface area contributed by atoms with Crippen molar-refractivity contribution >= 4 is 55.5 Å². The predicted molar refractivity (Wildman–Crippen MR) is 409 cm³/mol. The molecule has 4 atom stereocenters. The van der Waals surface area contributed by atoms with Gasteiger partial charge in [0, 0.05) is 105 Å².